The maximum atomic E-state index is 13.2. The summed E-state index contributed by atoms with van der Waals surface area (Å²) in [6.07, 6.45) is 0. The third kappa shape index (κ3) is 4.25. The minimum Gasteiger partial charge on any atom is -0.506 e. The van der Waals surface area contributed by atoms with Crippen LogP contribution in [-0.4, -0.2) is 60.1 Å². The van der Waals surface area contributed by atoms with Crippen LogP contribution < -0.4 is 4.90 Å². The molecule has 0 radical (unpaired) electrons. The van der Waals surface area contributed by atoms with Crippen LogP contribution in [0.1, 0.15) is 25.5 Å². The number of phenols is 1. The van der Waals surface area contributed by atoms with Crippen molar-refractivity contribution in [2.45, 2.75) is 19.9 Å². The molecule has 0 saturated carbocycles. The highest BCUT2D eigenvalue weighted by Gasteiger charge is 2.32. The van der Waals surface area contributed by atoms with Gasteiger partial charge in [-0.1, -0.05) is 42.5 Å². The molecule has 5 nitrogen and oxygen atoms in total. The van der Waals surface area contributed by atoms with E-state index in [-0.39, 0.29) is 11.9 Å². The third-order valence-corrected chi connectivity index (χ3v) is 5.33. The molecule has 1 atom stereocenters. The van der Waals surface area contributed by atoms with E-state index in [4.69, 9.17) is 0 Å². The smallest absolute Gasteiger partial charge is 0.244 e. The van der Waals surface area contributed by atoms with Crippen molar-refractivity contribution < 1.29 is 9.90 Å². The van der Waals surface area contributed by atoms with E-state index in [0.29, 0.717) is 5.75 Å². The van der Waals surface area contributed by atoms with Gasteiger partial charge >= 0.3 is 0 Å². The molecule has 0 bridgehead atoms. The maximum Gasteiger partial charge on any atom is 0.244 e. The van der Waals surface area contributed by atoms with Gasteiger partial charge in [0.05, 0.1) is 5.69 Å². The van der Waals surface area contributed by atoms with Gasteiger partial charge in [-0.25, -0.2) is 0 Å². The van der Waals surface area contributed by atoms with Crippen molar-refractivity contribution >= 4 is 11.6 Å². The van der Waals surface area contributed by atoms with Crippen LogP contribution >= 0.6 is 0 Å². The number of hydrogen-bond acceptors (Lipinski definition) is 4. The van der Waals surface area contributed by atoms with Gasteiger partial charge in [0.15, 0.2) is 0 Å². The molecule has 2 aromatic rings. The number of anilines is 1. The second-order valence-corrected chi connectivity index (χ2v) is 6.84. The number of carbonyl (C=O) groups excluding carboxylic acids is 1. The molecule has 1 aliphatic rings. The van der Waals surface area contributed by atoms with E-state index in [9.17, 15) is 9.90 Å². The summed E-state index contributed by atoms with van der Waals surface area (Å²) in [4.78, 5) is 19.6. The van der Waals surface area contributed by atoms with Crippen molar-refractivity contribution in [2.75, 3.05) is 44.2 Å². The molecule has 27 heavy (non-hydrogen) atoms. The van der Waals surface area contributed by atoms with Gasteiger partial charge in [0.1, 0.15) is 11.8 Å². The van der Waals surface area contributed by atoms with Crippen LogP contribution in [0.3, 0.4) is 0 Å². The van der Waals surface area contributed by atoms with Crippen LogP contribution in [0.5, 0.6) is 5.75 Å². The van der Waals surface area contributed by atoms with Gasteiger partial charge in [-0.05, 0) is 31.5 Å². The van der Waals surface area contributed by atoms with Gasteiger partial charge < -0.3 is 14.9 Å². The Bertz CT molecular complexity index is 738. The zero-order valence-corrected chi connectivity index (χ0v) is 16.2. The Balaban J connectivity index is 1.78. The second-order valence-electron chi connectivity index (χ2n) is 6.84. The topological polar surface area (TPSA) is 47.0 Å². The molecule has 1 amide bonds. The number of likely N-dealkylation sites (N-methyl/N-ethyl adjacent to an activating group) is 1. The number of piperazine rings is 1. The number of amides is 1. The van der Waals surface area contributed by atoms with Gasteiger partial charge in [-0.2, -0.15) is 0 Å². The van der Waals surface area contributed by atoms with Gasteiger partial charge in [0.25, 0.3) is 0 Å². The molecule has 0 aromatic heterocycles. The molecule has 0 aliphatic carbocycles. The first-order valence-corrected chi connectivity index (χ1v) is 9.76. The molecule has 3 rings (SSSR count). The zero-order valence-electron chi connectivity index (χ0n) is 16.2. The first-order valence-electron chi connectivity index (χ1n) is 9.76. The lowest BCUT2D eigenvalue weighted by atomic mass is 10.0. The lowest BCUT2D eigenvalue weighted by Crippen LogP contribution is -2.51. The van der Waals surface area contributed by atoms with Crippen LogP contribution in [0.15, 0.2) is 54.6 Å². The fourth-order valence-corrected chi connectivity index (χ4v) is 3.81. The molecule has 1 fully saturated rings. The number of aromatic hydroxyl groups is 1. The van der Waals surface area contributed by atoms with Crippen LogP contribution in [0.2, 0.25) is 0 Å². The van der Waals surface area contributed by atoms with Crippen molar-refractivity contribution in [2.24, 2.45) is 0 Å². The predicted molar refractivity (Wildman–Crippen MR) is 109 cm³/mol. The summed E-state index contributed by atoms with van der Waals surface area (Å²) in [6, 6.07) is 17.3. The van der Waals surface area contributed by atoms with Gasteiger partial charge in [-0.3, -0.25) is 9.69 Å². The number of carbonyl (C=O) groups is 1. The minimum atomic E-state index is -0.252. The van der Waals surface area contributed by atoms with Crippen molar-refractivity contribution in [1.82, 2.24) is 9.80 Å². The Hall–Kier alpha value is -2.53. The first-order chi connectivity index (χ1) is 13.2. The van der Waals surface area contributed by atoms with Crippen LogP contribution in [0.4, 0.5) is 5.69 Å². The van der Waals surface area contributed by atoms with Gasteiger partial charge in [-0.15, -0.1) is 0 Å². The van der Waals surface area contributed by atoms with Crippen LogP contribution in [-0.2, 0) is 4.79 Å². The fraction of sp³-hybridized carbons (Fsp3) is 0.409. The highest BCUT2D eigenvalue weighted by molar-refractivity contribution is 5.83. The first kappa shape index (κ1) is 19.2. The molecule has 1 aliphatic heterocycles. The molecular weight excluding hydrogens is 338 g/mol. The Morgan fingerprint density at radius 1 is 0.963 bits per heavy atom. The number of rotatable bonds is 6. The third-order valence-electron chi connectivity index (χ3n) is 5.33. The predicted octanol–water partition coefficient (Wildman–Crippen LogP) is 3.12. The van der Waals surface area contributed by atoms with Crippen molar-refractivity contribution in [1.29, 1.82) is 0 Å². The molecule has 1 saturated heterocycles. The highest BCUT2D eigenvalue weighted by Crippen LogP contribution is 2.30. The van der Waals surface area contributed by atoms with E-state index in [1.807, 2.05) is 67.3 Å². The van der Waals surface area contributed by atoms with Crippen molar-refractivity contribution in [3.63, 3.8) is 0 Å². The summed E-state index contributed by atoms with van der Waals surface area (Å²) in [6.45, 7) is 8.62. The summed E-state index contributed by atoms with van der Waals surface area (Å²) in [5.41, 5.74) is 1.91. The van der Waals surface area contributed by atoms with E-state index in [1.54, 1.807) is 6.07 Å². The van der Waals surface area contributed by atoms with Gasteiger partial charge in [0, 0.05) is 39.3 Å². The lowest BCUT2D eigenvalue weighted by Gasteiger charge is -2.41. The Kier molecular flexibility index (Phi) is 6.35. The Labute approximate surface area is 161 Å². The summed E-state index contributed by atoms with van der Waals surface area (Å²) in [5.74, 6) is 0.479. The van der Waals surface area contributed by atoms with Crippen molar-refractivity contribution in [3.8, 4) is 5.75 Å². The molecule has 1 heterocycles. The summed E-state index contributed by atoms with van der Waals surface area (Å²) in [5, 5.41) is 10.1. The normalized spacial score (nSPS) is 16.1. The van der Waals surface area contributed by atoms with E-state index < -0.39 is 0 Å². The monoisotopic (exact) mass is 367 g/mol. The SMILES string of the molecule is CCN(CC)C(=O)[C@@H](c1ccccc1)N1CCN(c2ccccc2O)CC1. The maximum absolute atomic E-state index is 13.2. The molecule has 2 aromatic carbocycles. The average molecular weight is 367 g/mol. The number of hydrogen-bond donors (Lipinski definition) is 1. The largest absolute Gasteiger partial charge is 0.506 e. The van der Waals surface area contributed by atoms with E-state index in [1.165, 1.54) is 0 Å². The zero-order chi connectivity index (χ0) is 19.2. The van der Waals surface area contributed by atoms with Crippen molar-refractivity contribution in [3.05, 3.63) is 60.2 Å². The number of benzene rings is 2. The van der Waals surface area contributed by atoms with Crippen LogP contribution in [0, 0.1) is 0 Å². The van der Waals surface area contributed by atoms with Crippen LogP contribution in [0.25, 0.3) is 0 Å². The summed E-state index contributed by atoms with van der Waals surface area (Å²) < 4.78 is 0. The van der Waals surface area contributed by atoms with E-state index in [0.717, 1.165) is 50.5 Å². The molecule has 1 N–H and O–H groups in total. The van der Waals surface area contributed by atoms with Gasteiger partial charge in [0.2, 0.25) is 5.91 Å². The summed E-state index contributed by atoms with van der Waals surface area (Å²) >= 11 is 0. The number of para-hydroxylation sites is 2. The second kappa shape index (κ2) is 8.91. The standard InChI is InChI=1S/C22H29N3O2/c1-3-23(4-2)22(27)21(18-10-6-5-7-11-18)25-16-14-24(15-17-25)19-12-8-9-13-20(19)26/h5-13,21,26H,3-4,14-17H2,1-2H3/t21-/m1/s1. The number of nitrogens with zero attached hydrogens (tertiary/aromatic N) is 3. The summed E-state index contributed by atoms with van der Waals surface area (Å²) in [7, 11) is 0. The molecular formula is C22H29N3O2. The molecule has 5 heteroatoms. The molecule has 0 spiro atoms. The minimum absolute atomic E-state index is 0.169. The molecule has 144 valence electrons. The average Bonchev–Trinajstić information content (AvgIpc) is 2.71. The van der Waals surface area contributed by atoms with E-state index >= 15 is 0 Å². The number of phenolic OH excluding ortho intramolecular Hbond substituents is 1. The quantitative estimate of drug-likeness (QED) is 0.852. The van der Waals surface area contributed by atoms with E-state index in [2.05, 4.69) is 9.80 Å². The Morgan fingerprint density at radius 2 is 1.56 bits per heavy atom. The highest BCUT2D eigenvalue weighted by atomic mass is 16.3. The lowest BCUT2D eigenvalue weighted by molar-refractivity contribution is -0.137. The fourth-order valence-electron chi connectivity index (χ4n) is 3.81. The Morgan fingerprint density at radius 3 is 2.15 bits per heavy atom. The molecule has 0 unspecified atom stereocenters.